The van der Waals surface area contributed by atoms with Gasteiger partial charge in [-0.25, -0.2) is 4.68 Å². The van der Waals surface area contributed by atoms with Crippen LogP contribution in [0.2, 0.25) is 10.0 Å². The molecule has 0 aliphatic carbocycles. The van der Waals surface area contributed by atoms with Crippen LogP contribution in [0.1, 0.15) is 16.8 Å². The topological polar surface area (TPSA) is 57.0 Å². The van der Waals surface area contributed by atoms with E-state index < -0.39 is 0 Å². The van der Waals surface area contributed by atoms with Gasteiger partial charge in [-0.05, 0) is 29.3 Å². The quantitative estimate of drug-likeness (QED) is 0.462. The molecule has 4 aromatic rings. The fourth-order valence-corrected chi connectivity index (χ4v) is 3.73. The van der Waals surface area contributed by atoms with E-state index in [4.69, 9.17) is 27.9 Å². The highest BCUT2D eigenvalue weighted by molar-refractivity contribution is 6.35. The summed E-state index contributed by atoms with van der Waals surface area (Å²) in [6.45, 7) is 0.359. The summed E-state index contributed by atoms with van der Waals surface area (Å²) >= 11 is 12.6. The van der Waals surface area contributed by atoms with Gasteiger partial charge in [-0.15, -0.1) is 0 Å². The Hall–Kier alpha value is -2.89. The summed E-state index contributed by atoms with van der Waals surface area (Å²) in [5, 5.41) is 6.85. The molecule has 0 N–H and O–H groups in total. The van der Waals surface area contributed by atoms with Crippen molar-refractivity contribution in [3.05, 3.63) is 98.1 Å². The van der Waals surface area contributed by atoms with Gasteiger partial charge in [-0.2, -0.15) is 5.10 Å². The van der Waals surface area contributed by atoms with Crippen LogP contribution in [0.4, 0.5) is 0 Å². The van der Waals surface area contributed by atoms with Crippen LogP contribution in [-0.2, 0) is 13.0 Å². The summed E-state index contributed by atoms with van der Waals surface area (Å²) in [6.07, 6.45) is 3.47. The van der Waals surface area contributed by atoms with Crippen LogP contribution in [0.3, 0.4) is 0 Å². The van der Waals surface area contributed by atoms with Crippen LogP contribution in [0, 0.1) is 0 Å². The van der Waals surface area contributed by atoms with Gasteiger partial charge in [0.05, 0.1) is 34.8 Å². The van der Waals surface area contributed by atoms with Gasteiger partial charge in [0.2, 0.25) is 0 Å². The Kier molecular flexibility index (Phi) is 5.51. The molecule has 0 bridgehead atoms. The lowest BCUT2D eigenvalue weighted by atomic mass is 10.0. The van der Waals surface area contributed by atoms with Gasteiger partial charge in [0, 0.05) is 24.2 Å². The van der Waals surface area contributed by atoms with Gasteiger partial charge in [0.25, 0.3) is 5.56 Å². The van der Waals surface area contributed by atoms with Crippen molar-refractivity contribution >= 4 is 34.0 Å². The molecule has 0 aliphatic heterocycles. The molecule has 0 saturated heterocycles. The number of nitrogens with zero attached hydrogens (tertiary/aromatic N) is 3. The summed E-state index contributed by atoms with van der Waals surface area (Å²) in [5.41, 5.74) is 2.22. The summed E-state index contributed by atoms with van der Waals surface area (Å²) < 4.78 is 6.78. The minimum Gasteiger partial charge on any atom is -0.497 e. The number of halogens is 2. The fourth-order valence-electron chi connectivity index (χ4n) is 3.23. The maximum Gasteiger partial charge on any atom is 0.275 e. The first-order chi connectivity index (χ1) is 14.1. The summed E-state index contributed by atoms with van der Waals surface area (Å²) in [5.74, 6) is 0.609. The second-order valence-corrected chi connectivity index (χ2v) is 7.38. The highest BCUT2D eigenvalue weighted by Gasteiger charge is 2.15. The number of benzene rings is 2. The number of hydrogen-bond donors (Lipinski definition) is 0. The monoisotopic (exact) mass is 425 g/mol. The number of ether oxygens (including phenoxy) is 1. The SMILES string of the molecule is COc1ccc2c(Cc3c(Cl)cncc3Cl)nn(Cc3ccccc3)c(=O)c2c1. The smallest absolute Gasteiger partial charge is 0.275 e. The molecule has 0 aliphatic rings. The second kappa shape index (κ2) is 8.23. The molecule has 2 heterocycles. The molecule has 5 nitrogen and oxygen atoms in total. The van der Waals surface area contributed by atoms with E-state index in [0.29, 0.717) is 39.8 Å². The number of rotatable bonds is 5. The molecule has 0 fully saturated rings. The molecule has 0 saturated carbocycles. The molecule has 0 amide bonds. The molecule has 29 heavy (non-hydrogen) atoms. The lowest BCUT2D eigenvalue weighted by Gasteiger charge is -2.13. The van der Waals surface area contributed by atoms with Crippen molar-refractivity contribution in [2.75, 3.05) is 7.11 Å². The third kappa shape index (κ3) is 3.97. The minimum absolute atomic E-state index is 0.182. The second-order valence-electron chi connectivity index (χ2n) is 6.57. The van der Waals surface area contributed by atoms with E-state index in [1.165, 1.54) is 4.68 Å². The highest BCUT2D eigenvalue weighted by atomic mass is 35.5. The molecular weight excluding hydrogens is 409 g/mol. The molecule has 2 aromatic heterocycles. The van der Waals surface area contributed by atoms with Crippen LogP contribution in [0.5, 0.6) is 5.75 Å². The van der Waals surface area contributed by atoms with Crippen molar-refractivity contribution in [2.45, 2.75) is 13.0 Å². The first-order valence-electron chi connectivity index (χ1n) is 8.96. The Morgan fingerprint density at radius 3 is 2.41 bits per heavy atom. The van der Waals surface area contributed by atoms with E-state index in [1.54, 1.807) is 25.6 Å². The summed E-state index contributed by atoms with van der Waals surface area (Å²) in [4.78, 5) is 17.1. The van der Waals surface area contributed by atoms with Crippen molar-refractivity contribution in [2.24, 2.45) is 0 Å². The molecule has 146 valence electrons. The Balaban J connectivity index is 1.90. The normalized spacial score (nSPS) is 11.0. The highest BCUT2D eigenvalue weighted by Crippen LogP contribution is 2.28. The van der Waals surface area contributed by atoms with Crippen molar-refractivity contribution in [3.8, 4) is 5.75 Å². The van der Waals surface area contributed by atoms with Crippen LogP contribution in [0.25, 0.3) is 10.8 Å². The van der Waals surface area contributed by atoms with Gasteiger partial charge in [0.1, 0.15) is 5.75 Å². The van der Waals surface area contributed by atoms with Gasteiger partial charge < -0.3 is 4.74 Å². The lowest BCUT2D eigenvalue weighted by molar-refractivity contribution is 0.415. The average Bonchev–Trinajstić information content (AvgIpc) is 2.74. The van der Waals surface area contributed by atoms with E-state index in [1.807, 2.05) is 42.5 Å². The predicted molar refractivity (Wildman–Crippen MR) is 115 cm³/mol. The van der Waals surface area contributed by atoms with Crippen LogP contribution in [0.15, 0.2) is 65.7 Å². The third-order valence-electron chi connectivity index (χ3n) is 4.72. The third-order valence-corrected chi connectivity index (χ3v) is 5.37. The zero-order valence-electron chi connectivity index (χ0n) is 15.6. The molecule has 0 unspecified atom stereocenters. The van der Waals surface area contributed by atoms with E-state index in [-0.39, 0.29) is 5.56 Å². The van der Waals surface area contributed by atoms with Gasteiger partial charge >= 0.3 is 0 Å². The largest absolute Gasteiger partial charge is 0.497 e. The summed E-state index contributed by atoms with van der Waals surface area (Å²) in [6, 6.07) is 15.1. The number of fused-ring (bicyclic) bond motifs is 1. The van der Waals surface area contributed by atoms with Crippen LogP contribution < -0.4 is 10.3 Å². The van der Waals surface area contributed by atoms with Crippen molar-refractivity contribution in [3.63, 3.8) is 0 Å². The standard InChI is InChI=1S/C22H17Cl2N3O2/c1-29-15-7-8-16-17(9-15)22(28)27(13-14-5-3-2-4-6-14)26-21(16)10-18-19(23)11-25-12-20(18)24/h2-9,11-12H,10,13H2,1H3. The Labute approximate surface area is 177 Å². The maximum absolute atomic E-state index is 13.1. The molecular formula is C22H17Cl2N3O2. The Morgan fingerprint density at radius 2 is 1.72 bits per heavy atom. The maximum atomic E-state index is 13.1. The molecule has 0 atom stereocenters. The van der Waals surface area contributed by atoms with Crippen molar-refractivity contribution < 1.29 is 4.74 Å². The number of hydrogen-bond acceptors (Lipinski definition) is 4. The molecule has 2 aromatic carbocycles. The number of aromatic nitrogens is 3. The Bertz CT molecular complexity index is 1220. The van der Waals surface area contributed by atoms with E-state index in [9.17, 15) is 4.79 Å². The van der Waals surface area contributed by atoms with Crippen LogP contribution in [-0.4, -0.2) is 21.9 Å². The zero-order valence-corrected chi connectivity index (χ0v) is 17.1. The first kappa shape index (κ1) is 19.4. The fraction of sp³-hybridized carbons (Fsp3) is 0.136. The van der Waals surface area contributed by atoms with E-state index in [0.717, 1.165) is 16.5 Å². The first-order valence-corrected chi connectivity index (χ1v) is 9.72. The van der Waals surface area contributed by atoms with Gasteiger partial charge in [0.15, 0.2) is 0 Å². The van der Waals surface area contributed by atoms with Gasteiger partial charge in [-0.1, -0.05) is 53.5 Å². The molecule has 0 radical (unpaired) electrons. The van der Waals surface area contributed by atoms with E-state index >= 15 is 0 Å². The van der Waals surface area contributed by atoms with E-state index in [2.05, 4.69) is 10.1 Å². The molecule has 7 heteroatoms. The number of methoxy groups -OCH3 is 1. The van der Waals surface area contributed by atoms with Gasteiger partial charge in [-0.3, -0.25) is 9.78 Å². The molecule has 0 spiro atoms. The Morgan fingerprint density at radius 1 is 1.00 bits per heavy atom. The molecule has 4 rings (SSSR count). The van der Waals surface area contributed by atoms with Crippen molar-refractivity contribution in [1.29, 1.82) is 0 Å². The predicted octanol–water partition coefficient (Wildman–Crippen LogP) is 4.75. The van der Waals surface area contributed by atoms with Crippen molar-refractivity contribution in [1.82, 2.24) is 14.8 Å². The zero-order chi connectivity index (χ0) is 20.4. The van der Waals surface area contributed by atoms with Crippen LogP contribution >= 0.6 is 23.2 Å². The average molecular weight is 426 g/mol. The lowest BCUT2D eigenvalue weighted by Crippen LogP contribution is -2.25. The minimum atomic E-state index is -0.182. The summed E-state index contributed by atoms with van der Waals surface area (Å²) in [7, 11) is 1.57. The number of pyridine rings is 1.